The van der Waals surface area contributed by atoms with Crippen LogP contribution >= 0.6 is 0 Å². The van der Waals surface area contributed by atoms with Crippen LogP contribution in [-0.2, 0) is 10.6 Å². The average Bonchev–Trinajstić information content (AvgIpc) is 3.91. The lowest BCUT2D eigenvalue weighted by atomic mass is 9.96. The first kappa shape index (κ1) is 34.7. The summed E-state index contributed by atoms with van der Waals surface area (Å²) in [6.07, 6.45) is 0. The van der Waals surface area contributed by atoms with Crippen LogP contribution in [-0.4, -0.2) is 39.2 Å². The second kappa shape index (κ2) is 11.5. The molecule has 0 saturated carbocycles. The number of anilines is 1. The van der Waals surface area contributed by atoms with Crippen molar-refractivity contribution in [2.24, 2.45) is 25.0 Å². The maximum atomic E-state index is 16.8. The van der Waals surface area contributed by atoms with Gasteiger partial charge >= 0.3 is 0 Å². The van der Waals surface area contributed by atoms with Gasteiger partial charge in [0.05, 0.1) is 32.7 Å². The van der Waals surface area contributed by atoms with Gasteiger partial charge in [0.2, 0.25) is 11.7 Å². The number of hydrogen-bond acceptors (Lipinski definition) is 7. The number of hydrogen-bond donors (Lipinski definition) is 4. The fourth-order valence-electron chi connectivity index (χ4n) is 6.68. The largest absolute Gasteiger partial charge is 0.325 e. The maximum Gasteiger partial charge on any atom is 0.267 e. The second-order valence-electron chi connectivity index (χ2n) is 12.3. The van der Waals surface area contributed by atoms with Gasteiger partial charge in [0.1, 0.15) is 28.8 Å². The number of alkyl halides is 1. The molecule has 56 heavy (non-hydrogen) atoms. The molecule has 0 fully saturated rings. The minimum atomic E-state index is -4.09. The summed E-state index contributed by atoms with van der Waals surface area (Å²) in [7, 11) is 0. The molecule has 4 N–H and O–H groups in total. The number of halogens is 12. The van der Waals surface area contributed by atoms with Gasteiger partial charge in [0.25, 0.3) is 5.79 Å². The highest BCUT2D eigenvalue weighted by atomic mass is 19.2. The predicted octanol–water partition coefficient (Wildman–Crippen LogP) is 6.53. The molecule has 0 spiro atoms. The first-order valence-electron chi connectivity index (χ1n) is 15.5. The summed E-state index contributed by atoms with van der Waals surface area (Å²) < 4.78 is 184. The van der Waals surface area contributed by atoms with E-state index in [1.54, 1.807) is 0 Å². The molecule has 10 nitrogen and oxygen atoms in total. The minimum Gasteiger partial charge on any atom is -0.325 e. The standard InChI is InChI=1S/C34H11F12N9O/c1-6(56)55-34(46)14-13(19(39)24(44)25(34)45)32-49-27-8-5-3-2-4-7(8)26(47-27)48-28-9-10(16(36)21(41)20(40)15(9)35)29(50-28)51-30-11-12(31(52-30)53-33(14)54-32)18(38)23(43)22(42)17(11)37/h2-5,50H,1H3,(H,55,56)(H,51,52,53)(H,47,48,49,54). The topological polar surface area (TPSA) is 135 Å². The molecule has 9 rings (SSSR count). The molecule has 4 aliphatic rings. The third-order valence-electron chi connectivity index (χ3n) is 9.02. The van der Waals surface area contributed by atoms with E-state index < -0.39 is 155 Å². The van der Waals surface area contributed by atoms with E-state index in [4.69, 9.17) is 0 Å². The molecule has 282 valence electrons. The molecule has 5 heterocycles. The van der Waals surface area contributed by atoms with Crippen LogP contribution in [0.2, 0.25) is 0 Å². The number of carbonyl (C=O) groups excluding carboxylic acids is 1. The molecule has 1 unspecified atom stereocenters. The van der Waals surface area contributed by atoms with Crippen LogP contribution in [0.4, 0.5) is 70.1 Å². The van der Waals surface area contributed by atoms with Crippen LogP contribution in [0.25, 0.3) is 16.6 Å². The zero-order valence-corrected chi connectivity index (χ0v) is 27.0. The van der Waals surface area contributed by atoms with Gasteiger partial charge in [-0.3, -0.25) is 4.79 Å². The number of aliphatic imine (C=N–C) groups is 4. The highest BCUT2D eigenvalue weighted by molar-refractivity contribution is 6.27. The van der Waals surface area contributed by atoms with Gasteiger partial charge in [-0.1, -0.05) is 24.3 Å². The zero-order chi connectivity index (χ0) is 39.9. The Morgan fingerprint density at radius 2 is 1.16 bits per heavy atom. The number of fused-ring (bicyclic) bond motifs is 18. The molecule has 0 radical (unpaired) electrons. The number of carbonyl (C=O) groups is 1. The minimum absolute atomic E-state index is 0.0350. The van der Waals surface area contributed by atoms with Crippen molar-refractivity contribution >= 4 is 63.3 Å². The number of amidine groups is 4. The fourth-order valence-corrected chi connectivity index (χ4v) is 6.68. The zero-order valence-electron chi connectivity index (χ0n) is 27.0. The van der Waals surface area contributed by atoms with Crippen molar-refractivity contribution in [2.45, 2.75) is 12.7 Å². The lowest BCUT2D eigenvalue weighted by molar-refractivity contribution is -0.123. The van der Waals surface area contributed by atoms with Crippen LogP contribution < -0.4 is 21.3 Å². The summed E-state index contributed by atoms with van der Waals surface area (Å²) in [5.74, 6) is -36.7. The van der Waals surface area contributed by atoms with Crippen molar-refractivity contribution < 1.29 is 57.5 Å². The Morgan fingerprint density at radius 3 is 1.75 bits per heavy atom. The molecule has 1 aliphatic carbocycles. The summed E-state index contributed by atoms with van der Waals surface area (Å²) in [6.45, 7) is 0.679. The monoisotopic (exact) mass is 789 g/mol. The van der Waals surface area contributed by atoms with Gasteiger partial charge in [-0.2, -0.15) is 0 Å². The highest BCUT2D eigenvalue weighted by Gasteiger charge is 2.50. The van der Waals surface area contributed by atoms with E-state index >= 15 is 35.1 Å². The number of nitrogens with zero attached hydrogens (tertiary/aromatic N) is 5. The number of aromatic nitrogens is 2. The Bertz CT molecular complexity index is 3050. The van der Waals surface area contributed by atoms with Gasteiger partial charge in [0.15, 0.2) is 75.7 Å². The molecule has 3 aliphatic heterocycles. The molecule has 22 heteroatoms. The lowest BCUT2D eigenvalue weighted by Crippen LogP contribution is -2.49. The van der Waals surface area contributed by atoms with Crippen LogP contribution in [0.15, 0.2) is 60.9 Å². The van der Waals surface area contributed by atoms with E-state index in [1.807, 2.05) is 0 Å². The number of H-pyrrole nitrogens is 2. The Labute approximate surface area is 300 Å². The molecular formula is C34H11F12N9O. The van der Waals surface area contributed by atoms with E-state index in [2.05, 4.69) is 40.2 Å². The Balaban J connectivity index is 1.47. The summed E-state index contributed by atoms with van der Waals surface area (Å²) in [4.78, 5) is 36.8. The molecule has 0 saturated heterocycles. The first-order chi connectivity index (χ1) is 26.5. The van der Waals surface area contributed by atoms with Gasteiger partial charge in [-0.05, 0) is 0 Å². The van der Waals surface area contributed by atoms with E-state index in [-0.39, 0.29) is 11.1 Å². The van der Waals surface area contributed by atoms with Gasteiger partial charge < -0.3 is 20.6 Å². The number of benzene rings is 3. The van der Waals surface area contributed by atoms with E-state index in [0.717, 1.165) is 0 Å². The predicted molar refractivity (Wildman–Crippen MR) is 172 cm³/mol. The maximum absolute atomic E-state index is 16.8. The average molecular weight is 790 g/mol. The van der Waals surface area contributed by atoms with Crippen molar-refractivity contribution in [1.82, 2.24) is 15.3 Å². The molecule has 3 aromatic carbocycles. The van der Waals surface area contributed by atoms with Crippen LogP contribution in [0, 0.1) is 46.5 Å². The quantitative estimate of drug-likeness (QED) is 0.0666. The normalized spacial score (nSPS) is 18.1. The summed E-state index contributed by atoms with van der Waals surface area (Å²) in [5.41, 5.74) is -4.82. The molecule has 5 aromatic rings. The van der Waals surface area contributed by atoms with Gasteiger partial charge in [-0.15, -0.1) is 0 Å². The summed E-state index contributed by atoms with van der Waals surface area (Å²) >= 11 is 0. The highest BCUT2D eigenvalue weighted by Crippen LogP contribution is 2.44. The van der Waals surface area contributed by atoms with Crippen LogP contribution in [0.3, 0.4) is 0 Å². The van der Waals surface area contributed by atoms with E-state index in [0.29, 0.717) is 6.92 Å². The number of amides is 1. The number of nitrogens with one attached hydrogen (secondary N) is 4. The number of aromatic amines is 2. The van der Waals surface area contributed by atoms with E-state index in [9.17, 15) is 22.4 Å². The van der Waals surface area contributed by atoms with Crippen LogP contribution in [0.1, 0.15) is 34.7 Å². The number of rotatable bonds is 1. The Hall–Kier alpha value is -7.00. The van der Waals surface area contributed by atoms with Crippen LogP contribution in [0.5, 0.6) is 0 Å². The van der Waals surface area contributed by atoms with Gasteiger partial charge in [-0.25, -0.2) is 77.6 Å². The molecule has 1 amide bonds. The second-order valence-corrected chi connectivity index (χ2v) is 12.3. The van der Waals surface area contributed by atoms with Crippen molar-refractivity contribution in [3.63, 3.8) is 0 Å². The molecular weight excluding hydrogens is 778 g/mol. The third-order valence-corrected chi connectivity index (χ3v) is 9.02. The Morgan fingerprint density at radius 1 is 0.625 bits per heavy atom. The number of allylic oxidation sites excluding steroid dienone is 1. The smallest absolute Gasteiger partial charge is 0.267 e. The fraction of sp³-hybridized carbons (Fsp3) is 0.0588. The first-order valence-corrected chi connectivity index (χ1v) is 15.5. The lowest BCUT2D eigenvalue weighted by Gasteiger charge is -2.27. The summed E-state index contributed by atoms with van der Waals surface area (Å²) in [5, 5.41) is 0.155. The molecule has 1 atom stereocenters. The SMILES string of the molecule is CC(=O)NC1(F)C(F)=C(F)C(F)=c2c1c1[nH]c2=NC2=NC(=Nc3[nH]c(c4c(F)c(F)c(F)c(F)c34)N=C3N=C(N1)c1c(F)c(F)c(F)c(F)c13)c1ccccc12. The molecule has 2 aromatic heterocycles. The summed E-state index contributed by atoms with van der Waals surface area (Å²) in [6, 6.07) is 5.60. The van der Waals surface area contributed by atoms with Gasteiger partial charge in [0, 0.05) is 18.1 Å². The van der Waals surface area contributed by atoms with E-state index in [1.165, 1.54) is 29.6 Å². The third kappa shape index (κ3) is 4.48. The van der Waals surface area contributed by atoms with Crippen molar-refractivity contribution in [2.75, 3.05) is 5.32 Å². The van der Waals surface area contributed by atoms with Crippen molar-refractivity contribution in [3.8, 4) is 0 Å². The molecule has 8 bridgehead atoms. The van der Waals surface area contributed by atoms with Crippen molar-refractivity contribution in [3.05, 3.63) is 121 Å². The van der Waals surface area contributed by atoms with Crippen molar-refractivity contribution in [1.29, 1.82) is 0 Å². The Kier molecular flexibility index (Phi) is 7.14.